The van der Waals surface area contributed by atoms with Gasteiger partial charge in [-0.15, -0.1) is 4.83 Å². The number of carbonyl (C=O) groups excluding carboxylic acids is 1. The van der Waals surface area contributed by atoms with Crippen molar-refractivity contribution in [3.63, 3.8) is 0 Å². The van der Waals surface area contributed by atoms with Crippen molar-refractivity contribution in [1.29, 1.82) is 0 Å². The molecule has 3 rings (SSSR count). The molecule has 0 saturated carbocycles. The second-order valence-electron chi connectivity index (χ2n) is 6.44. The minimum Gasteiger partial charge on any atom is -0.312 e. The minimum atomic E-state index is -4.01. The Morgan fingerprint density at radius 3 is 2.30 bits per heavy atom. The number of sulfonamides is 1. The minimum absolute atomic E-state index is 0.0118. The maximum Gasteiger partial charge on any atom is 0.260 e. The Balaban J connectivity index is 1.77. The van der Waals surface area contributed by atoms with Crippen LogP contribution in [0.25, 0.3) is 0 Å². The van der Waals surface area contributed by atoms with Gasteiger partial charge in [0, 0.05) is 18.2 Å². The van der Waals surface area contributed by atoms with Gasteiger partial charge in [0.2, 0.25) is 0 Å². The first-order valence-electron chi connectivity index (χ1n) is 8.28. The van der Waals surface area contributed by atoms with Gasteiger partial charge in [-0.05, 0) is 42.5 Å². The maximum atomic E-state index is 12.6. The average Bonchev–Trinajstić information content (AvgIpc) is 2.59. The van der Waals surface area contributed by atoms with Gasteiger partial charge in [0.15, 0.2) is 5.78 Å². The number of hydrazine groups is 1. The molecular formula is C19H18Cl2N2O3S. The number of hydrogen-bond donors (Lipinski definition) is 2. The summed E-state index contributed by atoms with van der Waals surface area (Å²) in [6, 6.07) is 12.7. The average molecular weight is 425 g/mol. The van der Waals surface area contributed by atoms with Crippen molar-refractivity contribution >= 4 is 39.0 Å². The predicted molar refractivity (Wildman–Crippen MR) is 106 cm³/mol. The summed E-state index contributed by atoms with van der Waals surface area (Å²) in [5.74, 6) is -0.0783. The molecule has 1 aliphatic rings. The van der Waals surface area contributed by atoms with E-state index in [2.05, 4.69) is 10.3 Å². The van der Waals surface area contributed by atoms with Crippen LogP contribution < -0.4 is 10.3 Å². The molecule has 0 radical (unpaired) electrons. The van der Waals surface area contributed by atoms with Crippen molar-refractivity contribution in [2.45, 2.75) is 30.6 Å². The first-order valence-corrected chi connectivity index (χ1v) is 10.5. The lowest BCUT2D eigenvalue weighted by Crippen LogP contribution is -2.38. The molecule has 5 nitrogen and oxygen atoms in total. The topological polar surface area (TPSA) is 75.3 Å². The van der Waals surface area contributed by atoms with Crippen LogP contribution in [0.5, 0.6) is 0 Å². The first kappa shape index (κ1) is 19.9. The number of allylic oxidation sites excluding steroid dienone is 2. The van der Waals surface area contributed by atoms with E-state index in [1.807, 2.05) is 30.3 Å². The lowest BCUT2D eigenvalue weighted by atomic mass is 9.86. The highest BCUT2D eigenvalue weighted by Gasteiger charge is 2.25. The van der Waals surface area contributed by atoms with Crippen LogP contribution in [0, 0.1) is 6.92 Å². The van der Waals surface area contributed by atoms with Gasteiger partial charge in [0.05, 0.1) is 10.0 Å². The van der Waals surface area contributed by atoms with Crippen molar-refractivity contribution in [3.05, 3.63) is 75.4 Å². The zero-order valence-corrected chi connectivity index (χ0v) is 16.8. The third kappa shape index (κ3) is 4.71. The molecule has 0 spiro atoms. The van der Waals surface area contributed by atoms with Crippen LogP contribution in [0.15, 0.2) is 59.1 Å². The molecule has 0 fully saturated rings. The van der Waals surface area contributed by atoms with Gasteiger partial charge in [-0.2, -0.15) is 0 Å². The zero-order chi connectivity index (χ0) is 19.6. The van der Waals surface area contributed by atoms with Crippen LogP contribution >= 0.6 is 23.2 Å². The molecule has 27 heavy (non-hydrogen) atoms. The number of rotatable bonds is 5. The Morgan fingerprint density at radius 1 is 1.04 bits per heavy atom. The Bertz CT molecular complexity index is 982. The van der Waals surface area contributed by atoms with E-state index < -0.39 is 10.0 Å². The molecule has 1 atom stereocenters. The van der Waals surface area contributed by atoms with Crippen molar-refractivity contribution in [2.24, 2.45) is 0 Å². The molecule has 0 aliphatic heterocycles. The number of aryl methyl sites for hydroxylation is 1. The SMILES string of the molecule is Cc1cc(Cl)c(S(=O)(=O)NNC2=CC(=O)C[C@@H](c3ccccc3)C2)c(Cl)c1. The molecule has 0 heterocycles. The first-order chi connectivity index (χ1) is 12.8. The maximum absolute atomic E-state index is 12.6. The van der Waals surface area contributed by atoms with Crippen LogP contribution in [0.4, 0.5) is 0 Å². The van der Waals surface area contributed by atoms with E-state index in [1.54, 1.807) is 6.92 Å². The van der Waals surface area contributed by atoms with Crippen molar-refractivity contribution in [2.75, 3.05) is 0 Å². The molecule has 0 unspecified atom stereocenters. The highest BCUT2D eigenvalue weighted by Crippen LogP contribution is 2.32. The number of carbonyl (C=O) groups is 1. The molecule has 2 aromatic carbocycles. The number of benzene rings is 2. The quantitative estimate of drug-likeness (QED) is 0.707. The van der Waals surface area contributed by atoms with E-state index in [9.17, 15) is 13.2 Å². The number of halogens is 2. The summed E-state index contributed by atoms with van der Waals surface area (Å²) in [7, 11) is -4.01. The molecule has 2 aromatic rings. The van der Waals surface area contributed by atoms with Gasteiger partial charge in [0.1, 0.15) is 4.90 Å². The highest BCUT2D eigenvalue weighted by atomic mass is 35.5. The standard InChI is InChI=1S/C19H18Cl2N2O3S/c1-12-7-17(20)19(18(21)8-12)27(25,26)23-22-15-9-14(10-16(24)11-15)13-5-3-2-4-6-13/h2-8,11,14,22-23H,9-10H2,1H3/t14-/m0/s1. The Hall–Kier alpha value is -1.86. The van der Waals surface area contributed by atoms with E-state index in [1.165, 1.54) is 18.2 Å². The Labute approximate surface area is 168 Å². The molecule has 0 saturated heterocycles. The second-order valence-corrected chi connectivity index (χ2v) is 8.87. The zero-order valence-electron chi connectivity index (χ0n) is 14.5. The normalized spacial score (nSPS) is 17.5. The molecule has 0 amide bonds. The van der Waals surface area contributed by atoms with Crippen LogP contribution in [0.3, 0.4) is 0 Å². The van der Waals surface area contributed by atoms with Gasteiger partial charge < -0.3 is 5.43 Å². The summed E-state index contributed by atoms with van der Waals surface area (Å²) < 4.78 is 25.2. The van der Waals surface area contributed by atoms with Gasteiger partial charge in [0.25, 0.3) is 10.0 Å². The van der Waals surface area contributed by atoms with Gasteiger partial charge in [-0.1, -0.05) is 53.5 Å². The molecule has 0 aromatic heterocycles. The van der Waals surface area contributed by atoms with Crippen LogP contribution in [-0.4, -0.2) is 14.2 Å². The largest absolute Gasteiger partial charge is 0.312 e. The lowest BCUT2D eigenvalue weighted by molar-refractivity contribution is -0.115. The van der Waals surface area contributed by atoms with Gasteiger partial charge >= 0.3 is 0 Å². The van der Waals surface area contributed by atoms with Crippen molar-refractivity contribution < 1.29 is 13.2 Å². The fourth-order valence-electron chi connectivity index (χ4n) is 3.07. The second kappa shape index (κ2) is 8.02. The summed E-state index contributed by atoms with van der Waals surface area (Å²) in [6.07, 6.45) is 2.31. The monoisotopic (exact) mass is 424 g/mol. The summed E-state index contributed by atoms with van der Waals surface area (Å²) in [4.78, 5) is 14.1. The van der Waals surface area contributed by atoms with E-state index >= 15 is 0 Å². The third-order valence-electron chi connectivity index (χ3n) is 4.28. The Kier molecular flexibility index (Phi) is 5.91. The molecule has 142 valence electrons. The van der Waals surface area contributed by atoms with E-state index in [0.717, 1.165) is 11.1 Å². The van der Waals surface area contributed by atoms with Crippen LogP contribution in [-0.2, 0) is 14.8 Å². The Morgan fingerprint density at radius 2 is 1.67 bits per heavy atom. The summed E-state index contributed by atoms with van der Waals surface area (Å²) >= 11 is 12.1. The summed E-state index contributed by atoms with van der Waals surface area (Å²) in [6.45, 7) is 1.77. The van der Waals surface area contributed by atoms with Gasteiger partial charge in [-0.25, -0.2) is 8.42 Å². The molecule has 2 N–H and O–H groups in total. The van der Waals surface area contributed by atoms with Crippen LogP contribution in [0.1, 0.15) is 29.9 Å². The summed E-state index contributed by atoms with van der Waals surface area (Å²) in [5.41, 5.74) is 4.92. The smallest absolute Gasteiger partial charge is 0.260 e. The van der Waals surface area contributed by atoms with E-state index in [4.69, 9.17) is 23.2 Å². The van der Waals surface area contributed by atoms with E-state index in [-0.39, 0.29) is 26.6 Å². The number of hydrogen-bond acceptors (Lipinski definition) is 4. The fraction of sp³-hybridized carbons (Fsp3) is 0.211. The van der Waals surface area contributed by atoms with Gasteiger partial charge in [-0.3, -0.25) is 4.79 Å². The fourth-order valence-corrected chi connectivity index (χ4v) is 5.27. The molecule has 1 aliphatic carbocycles. The van der Waals surface area contributed by atoms with E-state index in [0.29, 0.717) is 18.5 Å². The molecule has 8 heteroatoms. The van der Waals surface area contributed by atoms with Crippen LogP contribution in [0.2, 0.25) is 10.0 Å². The number of ketones is 1. The molecule has 0 bridgehead atoms. The van der Waals surface area contributed by atoms with Crippen molar-refractivity contribution in [3.8, 4) is 0 Å². The predicted octanol–water partition coefficient (Wildman–Crippen LogP) is 4.12. The highest BCUT2D eigenvalue weighted by molar-refractivity contribution is 7.89. The third-order valence-corrected chi connectivity index (χ3v) is 6.45. The summed E-state index contributed by atoms with van der Waals surface area (Å²) in [5, 5.41) is 0.0651. The molecular weight excluding hydrogens is 407 g/mol. The lowest BCUT2D eigenvalue weighted by Gasteiger charge is -2.23. The van der Waals surface area contributed by atoms with Crippen molar-refractivity contribution in [1.82, 2.24) is 10.3 Å². The number of nitrogens with one attached hydrogen (secondary N) is 2.